The van der Waals surface area contributed by atoms with Gasteiger partial charge in [-0.25, -0.2) is 29.4 Å². The summed E-state index contributed by atoms with van der Waals surface area (Å²) in [7, 11) is 1.05. The number of primary amides is 2. The number of nitrogens with zero attached hydrogens (tertiary/aromatic N) is 3. The molecule has 53 nitrogen and oxygen atoms in total. The number of esters is 1. The summed E-state index contributed by atoms with van der Waals surface area (Å²) >= 11 is 0. The van der Waals surface area contributed by atoms with E-state index < -0.39 is 278 Å². The fourth-order valence-electron chi connectivity index (χ4n) is 14.1. The Bertz CT molecular complexity index is 5350. The monoisotopic (exact) mass is 1930 g/mol. The molecule has 2 aliphatic rings. The number of aliphatic carboxylic acids is 3. The van der Waals surface area contributed by atoms with Crippen molar-refractivity contribution in [2.45, 2.75) is 217 Å². The first kappa shape index (κ1) is 108. The molecule has 0 radical (unpaired) electrons. The standard InChI is InChI=1S/C85H113N25O28/c1-10-38(4)67(80(132)106-58(31-62(87)114)77(129)103-53(20-23-64(116)117)74(126)96-39(5)68(120)93-34-63(115)100-55(81(133)134)12-11-25-92-83(88)89)108-75(127)54(21-24-65(118)119)101-69(121)40(6)98-76(128)56(27-44-32-90-35-94-44)104-70(122)42(8)99-84(136)110(9)109-78(130)57(28-45-33-91-36-95-45)105-79(131)66(37(2)3)107-71(123)41(7)97-73(125)52(19-22-61(86)113)102-72(124)43-13-16-49-48(26-43)82(135)138-85(49)50-17-14-46(111)29-59(50)137-60-30-47(112)15-18-51(60)85/h13-18,26,29-30,32-33,35-42,52-58,66-67,111-112H,10-12,19-25,27-28,31,34H2,1-9H3,(H2,86,113)(H2,87,114)(H,90,94)(H,91,95)(H,93,120)(H,96,126)(H,97,125)(H,98,128)(H,99,136)(H,100,115)(H,101,121)(H,102,124)(H,103,129)(H,104,122)(H,105,131)(H,106,132)(H,107,123)(H,108,127)(H,109,130)(H,116,117)(H,118,119)(H,133,134)(H4,88,89,92)/t38-,39-,40-,41-,42-,52-,53-,54-,55-,56-,57-,58-,66-,67-/m0/s1. The van der Waals surface area contributed by atoms with Crippen LogP contribution in [0, 0.1) is 17.2 Å². The van der Waals surface area contributed by atoms with E-state index in [-0.39, 0.29) is 89.3 Å². The molecule has 53 heteroatoms. The highest BCUT2D eigenvalue weighted by Gasteiger charge is 2.54. The van der Waals surface area contributed by atoms with Crippen LogP contribution in [0.3, 0.4) is 0 Å². The highest BCUT2D eigenvalue weighted by atomic mass is 16.6. The predicted molar refractivity (Wildman–Crippen MR) is 476 cm³/mol. The average molecular weight is 1930 g/mol. The van der Waals surface area contributed by atoms with Gasteiger partial charge in [-0.1, -0.05) is 40.2 Å². The molecule has 3 aromatic carbocycles. The van der Waals surface area contributed by atoms with E-state index in [9.17, 15) is 126 Å². The molecule has 4 heterocycles. The van der Waals surface area contributed by atoms with Crippen LogP contribution in [0.5, 0.6) is 23.0 Å². The molecule has 14 atom stereocenters. The zero-order valence-electron chi connectivity index (χ0n) is 76.3. The molecule has 5 aromatic rings. The number of hydrogen-bond donors (Lipinski definition) is 27. The number of phenolic OH excluding ortho intramolecular Hbond substituents is 2. The number of guanidine groups is 1. The molecule has 0 aliphatic carbocycles. The highest BCUT2D eigenvalue weighted by Crippen LogP contribution is 2.57. The maximum absolute atomic E-state index is 14.3. The van der Waals surface area contributed by atoms with E-state index in [1.54, 1.807) is 6.92 Å². The van der Waals surface area contributed by atoms with Gasteiger partial charge in [0.15, 0.2) is 11.6 Å². The van der Waals surface area contributed by atoms with Crippen LogP contribution in [-0.4, -0.2) is 280 Å². The number of imidazole rings is 2. The van der Waals surface area contributed by atoms with Crippen molar-refractivity contribution in [2.75, 3.05) is 20.1 Å². The smallest absolute Gasteiger partial charge is 0.340 e. The SMILES string of the molecule is CC[C@H](C)[C@H](NC(=O)[C@H](CCC(=O)O)NC(=O)[C@H](C)NC(=O)[C@H](Cc1c[nH]cn1)NC(=O)[C@H](C)NC(=O)N(C)NC(=O)[C@H](Cc1c[nH]cn1)NC(=O)[C@@H](NC(=O)[C@H](C)NC(=O)[C@H](CCC(N)=O)NC(=O)c1ccc2c(c1)C(=O)OC21c2ccc(O)cc2Oc2cc(O)ccc21)C(C)C)C(=O)N[C@@H](CC(N)=O)C(=O)N[C@@H](CCC(=O)O)C(=O)N[C@@H](C)C(=O)NCC(=O)N[C@@H](CCCNC(=N)N)C(=O)O. The van der Waals surface area contributed by atoms with Gasteiger partial charge in [0.1, 0.15) is 102 Å². The molecule has 1 spiro atoms. The second kappa shape index (κ2) is 50.0. The lowest BCUT2D eigenvalue weighted by atomic mass is 9.77. The van der Waals surface area contributed by atoms with Gasteiger partial charge >= 0.3 is 29.9 Å². The fraction of sp³-hybridized carbons (Fsp3) is 0.459. The van der Waals surface area contributed by atoms with E-state index in [4.69, 9.17) is 32.1 Å². The third-order valence-corrected chi connectivity index (χ3v) is 21.8. The summed E-state index contributed by atoms with van der Waals surface area (Å²) in [5.41, 5.74) is 17.7. The number of nitrogens with two attached hydrogens (primary N) is 3. The molecule has 2 aromatic heterocycles. The van der Waals surface area contributed by atoms with E-state index in [1.807, 2.05) is 0 Å². The first-order valence-electron chi connectivity index (χ1n) is 43.3. The molecule has 30 N–H and O–H groups in total. The number of carboxylic acid groups (broad SMARTS) is 3. The Kier molecular flexibility index (Phi) is 39.3. The molecule has 18 amide bonds. The normalized spacial score (nSPS) is 14.9. The molecule has 0 fully saturated rings. The number of nitrogens with one attached hydrogen (secondary N) is 19. The Morgan fingerprint density at radius 1 is 0.478 bits per heavy atom. The maximum atomic E-state index is 14.3. The lowest BCUT2D eigenvalue weighted by Crippen LogP contribution is -2.61. The molecular formula is C85H113N25O28. The topological polar surface area (TPSA) is 833 Å². The number of carbonyl (C=O) groups excluding carboxylic acids is 18. The number of aromatic amines is 2. The molecule has 746 valence electrons. The third-order valence-electron chi connectivity index (χ3n) is 21.8. The van der Waals surface area contributed by atoms with Crippen LogP contribution in [0.1, 0.15) is 168 Å². The molecule has 0 bridgehead atoms. The van der Waals surface area contributed by atoms with E-state index in [0.717, 1.165) is 20.9 Å². The van der Waals surface area contributed by atoms with Crippen LogP contribution >= 0.6 is 0 Å². The van der Waals surface area contributed by atoms with Crippen LogP contribution in [-0.2, 0) is 109 Å². The Morgan fingerprint density at radius 2 is 0.928 bits per heavy atom. The van der Waals surface area contributed by atoms with E-state index >= 15 is 0 Å². The van der Waals surface area contributed by atoms with Crippen LogP contribution in [0.15, 0.2) is 79.6 Å². The van der Waals surface area contributed by atoms with Crippen molar-refractivity contribution in [3.63, 3.8) is 0 Å². The predicted octanol–water partition coefficient (Wildman–Crippen LogP) is -5.81. The number of carbonyl (C=O) groups is 21. The van der Waals surface area contributed by atoms with Crippen molar-refractivity contribution in [1.82, 2.24) is 110 Å². The van der Waals surface area contributed by atoms with Gasteiger partial charge in [0, 0.05) is 92.5 Å². The zero-order chi connectivity index (χ0) is 102. The van der Waals surface area contributed by atoms with Gasteiger partial charge < -0.3 is 142 Å². The number of ether oxygens (including phenoxy) is 2. The summed E-state index contributed by atoms with van der Waals surface area (Å²) < 4.78 is 12.1. The summed E-state index contributed by atoms with van der Waals surface area (Å²) in [4.78, 5) is 296. The van der Waals surface area contributed by atoms with E-state index in [1.165, 1.54) is 114 Å². The van der Waals surface area contributed by atoms with Crippen LogP contribution in [0.2, 0.25) is 0 Å². The molecule has 7 rings (SSSR count). The zero-order valence-corrected chi connectivity index (χ0v) is 76.3. The van der Waals surface area contributed by atoms with Crippen LogP contribution in [0.4, 0.5) is 4.79 Å². The Balaban J connectivity index is 0.950. The number of rotatable bonds is 51. The number of aromatic nitrogens is 4. The lowest BCUT2D eigenvalue weighted by Gasteiger charge is -2.36. The quantitative estimate of drug-likeness (QED) is 0.00567. The summed E-state index contributed by atoms with van der Waals surface area (Å²) in [6.07, 6.45) is -0.157. The number of hydrogen-bond acceptors (Lipinski definition) is 28. The van der Waals surface area contributed by atoms with Crippen molar-refractivity contribution in [1.29, 1.82) is 5.41 Å². The van der Waals surface area contributed by atoms with Crippen molar-refractivity contribution < 1.29 is 136 Å². The number of hydrazine groups is 1. The van der Waals surface area contributed by atoms with Gasteiger partial charge in [0.25, 0.3) is 11.8 Å². The van der Waals surface area contributed by atoms with Crippen molar-refractivity contribution >= 4 is 130 Å². The number of benzene rings is 3. The minimum Gasteiger partial charge on any atom is -0.508 e. The van der Waals surface area contributed by atoms with Crippen LogP contribution in [0.25, 0.3) is 0 Å². The molecule has 2 aliphatic heterocycles. The summed E-state index contributed by atoms with van der Waals surface area (Å²) in [5, 5.41) is 92.9. The Hall–Kier alpha value is -16.6. The van der Waals surface area contributed by atoms with Crippen molar-refractivity contribution in [3.05, 3.63) is 119 Å². The summed E-state index contributed by atoms with van der Waals surface area (Å²) in [5.74, 6) is -24.7. The third kappa shape index (κ3) is 31.0. The van der Waals surface area contributed by atoms with E-state index in [2.05, 4.69) is 105 Å². The minimum absolute atomic E-state index is 0.0821. The largest absolute Gasteiger partial charge is 0.508 e. The van der Waals surface area contributed by atoms with Gasteiger partial charge in [0.2, 0.25) is 82.7 Å². The second-order valence-corrected chi connectivity index (χ2v) is 32.9. The second-order valence-electron chi connectivity index (χ2n) is 32.9. The van der Waals surface area contributed by atoms with Gasteiger partial charge in [-0.3, -0.25) is 97.1 Å². The van der Waals surface area contributed by atoms with Crippen LogP contribution < -0.4 is 107 Å². The number of carboxylic acids is 3. The molecule has 0 unspecified atom stereocenters. The van der Waals surface area contributed by atoms with Gasteiger partial charge in [-0.05, 0) is 108 Å². The fourth-order valence-corrected chi connectivity index (χ4v) is 14.1. The number of urea groups is 1. The Labute approximate surface area is 786 Å². The molecule has 138 heavy (non-hydrogen) atoms. The molecule has 0 saturated carbocycles. The Morgan fingerprint density at radius 3 is 1.43 bits per heavy atom. The summed E-state index contributed by atoms with van der Waals surface area (Å²) in [6, 6.07) is -10.2. The summed E-state index contributed by atoms with van der Waals surface area (Å²) in [6.45, 7) is 10.1. The average Bonchev–Trinajstić information content (AvgIpc) is 1.52. The highest BCUT2D eigenvalue weighted by molar-refractivity contribution is 6.05. The van der Waals surface area contributed by atoms with Crippen molar-refractivity contribution in [2.24, 2.45) is 29.0 Å². The lowest BCUT2D eigenvalue weighted by molar-refractivity contribution is -0.142. The number of H-pyrrole nitrogens is 2. The number of aromatic hydroxyl groups is 2. The molecular weight excluding hydrogens is 1820 g/mol. The van der Waals surface area contributed by atoms with Gasteiger partial charge in [-0.15, -0.1) is 0 Å². The number of fused-ring (bicyclic) bond motifs is 6. The first-order valence-corrected chi connectivity index (χ1v) is 43.3. The minimum atomic E-state index is -1.99. The van der Waals surface area contributed by atoms with Crippen molar-refractivity contribution in [3.8, 4) is 23.0 Å². The van der Waals surface area contributed by atoms with Gasteiger partial charge in [-0.2, -0.15) is 0 Å². The number of phenols is 2. The number of amides is 18. The first-order chi connectivity index (χ1) is 65.0. The van der Waals surface area contributed by atoms with Gasteiger partial charge in [0.05, 0.1) is 42.6 Å². The molecule has 0 saturated heterocycles. The van der Waals surface area contributed by atoms with E-state index in [0.29, 0.717) is 16.1 Å². The maximum Gasteiger partial charge on any atom is 0.340 e.